The number of thiophene rings is 1. The molecule has 1 saturated carbocycles. The molecule has 2 aliphatic carbocycles. The summed E-state index contributed by atoms with van der Waals surface area (Å²) in [5.74, 6) is -1.28. The highest BCUT2D eigenvalue weighted by Crippen LogP contribution is 2.46. The van der Waals surface area contributed by atoms with Gasteiger partial charge in [0.2, 0.25) is 0 Å². The van der Waals surface area contributed by atoms with Gasteiger partial charge in [-0.2, -0.15) is 0 Å². The van der Waals surface area contributed by atoms with Gasteiger partial charge >= 0.3 is 5.97 Å². The standard InChI is InChI=1S/C29H27NO5S/c1-16-25(29(33)35-18-7-2-3-8-18)26(20-15-34-23-10-5-4-9-19(23)28(20)32)27-21(30-16)13-17(14-22(27)31)24-11-6-12-36-24/h4-6,9-12,15,17-18,26,30H,2-3,7-8,13-14H2,1H3. The minimum Gasteiger partial charge on any atom is -0.464 e. The number of ketones is 1. The van der Waals surface area contributed by atoms with Gasteiger partial charge in [0.15, 0.2) is 11.2 Å². The Hall–Kier alpha value is -3.45. The van der Waals surface area contributed by atoms with Crippen LogP contribution in [0, 0.1) is 0 Å². The summed E-state index contributed by atoms with van der Waals surface area (Å²) in [5, 5.41) is 5.81. The number of esters is 1. The van der Waals surface area contributed by atoms with Gasteiger partial charge in [0.05, 0.1) is 23.1 Å². The van der Waals surface area contributed by atoms with Crippen LogP contribution in [0.3, 0.4) is 0 Å². The molecule has 3 heterocycles. The number of ether oxygens (including phenoxy) is 1. The first-order valence-corrected chi connectivity index (χ1v) is 13.4. The van der Waals surface area contributed by atoms with Gasteiger partial charge in [-0.15, -0.1) is 11.3 Å². The molecule has 0 saturated heterocycles. The molecule has 1 fully saturated rings. The lowest BCUT2D eigenvalue weighted by Crippen LogP contribution is -2.38. The summed E-state index contributed by atoms with van der Waals surface area (Å²) in [7, 11) is 0. The second-order valence-corrected chi connectivity index (χ2v) is 10.8. The van der Waals surface area contributed by atoms with Crippen molar-refractivity contribution in [1.82, 2.24) is 5.32 Å². The van der Waals surface area contributed by atoms with Crippen LogP contribution < -0.4 is 10.7 Å². The predicted molar refractivity (Wildman–Crippen MR) is 138 cm³/mol. The minimum absolute atomic E-state index is 0.0571. The maximum atomic E-state index is 13.7. The van der Waals surface area contributed by atoms with E-state index in [-0.39, 0.29) is 23.2 Å². The third kappa shape index (κ3) is 3.91. The molecule has 3 aliphatic rings. The molecule has 0 bridgehead atoms. The fourth-order valence-corrected chi connectivity index (χ4v) is 6.69. The Morgan fingerprint density at radius 3 is 2.67 bits per heavy atom. The molecule has 1 aliphatic heterocycles. The summed E-state index contributed by atoms with van der Waals surface area (Å²) in [4.78, 5) is 42.1. The number of allylic oxidation sites excluding steroid dienone is 3. The van der Waals surface area contributed by atoms with Crippen molar-refractivity contribution in [3.63, 3.8) is 0 Å². The van der Waals surface area contributed by atoms with Crippen LogP contribution in [0.1, 0.15) is 67.7 Å². The van der Waals surface area contributed by atoms with Crippen LogP contribution in [0.5, 0.6) is 0 Å². The molecule has 3 aromatic rings. The summed E-state index contributed by atoms with van der Waals surface area (Å²) in [6, 6.07) is 11.1. The quantitative estimate of drug-likeness (QED) is 0.462. The largest absolute Gasteiger partial charge is 0.464 e. The van der Waals surface area contributed by atoms with Crippen LogP contribution in [0.4, 0.5) is 0 Å². The third-order valence-corrected chi connectivity index (χ3v) is 8.62. The fourth-order valence-electron chi connectivity index (χ4n) is 5.86. The van der Waals surface area contributed by atoms with E-state index in [9.17, 15) is 14.4 Å². The van der Waals surface area contributed by atoms with Gasteiger partial charge in [0.25, 0.3) is 0 Å². The Bertz CT molecular complexity index is 1470. The number of nitrogens with one attached hydrogen (secondary N) is 1. The zero-order valence-corrected chi connectivity index (χ0v) is 20.9. The van der Waals surface area contributed by atoms with E-state index in [1.165, 1.54) is 6.26 Å². The van der Waals surface area contributed by atoms with Crippen LogP contribution >= 0.6 is 11.3 Å². The Morgan fingerprint density at radius 1 is 1.08 bits per heavy atom. The number of hydrogen-bond acceptors (Lipinski definition) is 7. The Balaban J connectivity index is 1.48. The number of carbonyl (C=O) groups excluding carboxylic acids is 2. The van der Waals surface area contributed by atoms with Crippen molar-refractivity contribution in [2.75, 3.05) is 0 Å². The average molecular weight is 502 g/mol. The molecule has 6 rings (SSSR count). The van der Waals surface area contributed by atoms with Gasteiger partial charge in [0.1, 0.15) is 11.7 Å². The molecular formula is C29H27NO5S. The maximum absolute atomic E-state index is 13.7. The zero-order chi connectivity index (χ0) is 24.8. The summed E-state index contributed by atoms with van der Waals surface area (Å²) in [6.45, 7) is 1.82. The third-order valence-electron chi connectivity index (χ3n) is 7.59. The van der Waals surface area contributed by atoms with E-state index in [0.717, 1.165) is 36.3 Å². The Kier molecular flexibility index (Phi) is 5.88. The van der Waals surface area contributed by atoms with Crippen molar-refractivity contribution < 1.29 is 18.7 Å². The number of hydrogen-bond donors (Lipinski definition) is 1. The normalized spacial score (nSPS) is 22.6. The Labute approximate surface area is 212 Å². The van der Waals surface area contributed by atoms with Gasteiger partial charge in [-0.25, -0.2) is 4.79 Å². The molecule has 1 N–H and O–H groups in total. The van der Waals surface area contributed by atoms with Crippen LogP contribution in [-0.2, 0) is 14.3 Å². The predicted octanol–water partition coefficient (Wildman–Crippen LogP) is 5.70. The lowest BCUT2D eigenvalue weighted by Gasteiger charge is -2.36. The van der Waals surface area contributed by atoms with Crippen LogP contribution in [0.2, 0.25) is 0 Å². The number of dihydropyridines is 1. The lowest BCUT2D eigenvalue weighted by molar-refractivity contribution is -0.144. The smallest absolute Gasteiger partial charge is 0.337 e. The molecule has 0 amide bonds. The Morgan fingerprint density at radius 2 is 1.89 bits per heavy atom. The van der Waals surface area contributed by atoms with E-state index in [1.54, 1.807) is 35.6 Å². The molecule has 2 unspecified atom stereocenters. The molecule has 7 heteroatoms. The number of Topliss-reactive ketones (excluding diaryl/α,β-unsaturated/α-hetero) is 1. The van der Waals surface area contributed by atoms with E-state index in [4.69, 9.17) is 9.15 Å². The van der Waals surface area contributed by atoms with E-state index in [1.807, 2.05) is 18.4 Å². The number of carbonyl (C=O) groups is 2. The fraction of sp³-hybridized carbons (Fsp3) is 0.345. The molecule has 36 heavy (non-hydrogen) atoms. The molecule has 6 nitrogen and oxygen atoms in total. The van der Waals surface area contributed by atoms with Crippen molar-refractivity contribution in [3.8, 4) is 0 Å². The monoisotopic (exact) mass is 501 g/mol. The molecule has 1 aromatic carbocycles. The second kappa shape index (κ2) is 9.21. The molecule has 184 valence electrons. The molecular weight excluding hydrogens is 474 g/mol. The first-order valence-electron chi connectivity index (χ1n) is 12.5. The van der Waals surface area contributed by atoms with Crippen molar-refractivity contribution in [3.05, 3.63) is 91.2 Å². The van der Waals surface area contributed by atoms with Gasteiger partial charge in [-0.1, -0.05) is 18.2 Å². The highest BCUT2D eigenvalue weighted by atomic mass is 32.1. The van der Waals surface area contributed by atoms with E-state index in [0.29, 0.717) is 46.2 Å². The first-order chi connectivity index (χ1) is 17.5. The van der Waals surface area contributed by atoms with Crippen molar-refractivity contribution in [1.29, 1.82) is 0 Å². The summed E-state index contributed by atoms with van der Waals surface area (Å²) < 4.78 is 11.7. The molecule has 2 aromatic heterocycles. The molecule has 2 atom stereocenters. The maximum Gasteiger partial charge on any atom is 0.337 e. The number of fused-ring (bicyclic) bond motifs is 1. The highest BCUT2D eigenvalue weighted by Gasteiger charge is 2.43. The van der Waals surface area contributed by atoms with E-state index in [2.05, 4.69) is 11.4 Å². The number of para-hydroxylation sites is 1. The minimum atomic E-state index is -0.826. The lowest BCUT2D eigenvalue weighted by atomic mass is 9.73. The SMILES string of the molecule is CC1=C(C(=O)OC2CCCC2)C(c2coc3ccccc3c2=O)C2=C(CC(c3cccs3)CC2=O)N1. The van der Waals surface area contributed by atoms with Gasteiger partial charge < -0.3 is 14.5 Å². The zero-order valence-electron chi connectivity index (χ0n) is 20.0. The average Bonchev–Trinajstić information content (AvgIpc) is 3.58. The summed E-state index contributed by atoms with van der Waals surface area (Å²) in [6.07, 6.45) is 5.99. The van der Waals surface area contributed by atoms with Crippen LogP contribution in [0.15, 0.2) is 79.8 Å². The van der Waals surface area contributed by atoms with Gasteiger partial charge in [-0.05, 0) is 62.6 Å². The van der Waals surface area contributed by atoms with E-state index >= 15 is 0 Å². The topological polar surface area (TPSA) is 85.6 Å². The number of benzene rings is 1. The summed E-state index contributed by atoms with van der Waals surface area (Å²) >= 11 is 1.64. The van der Waals surface area contributed by atoms with Crippen molar-refractivity contribution in [2.45, 2.75) is 63.4 Å². The molecule has 0 spiro atoms. The first kappa shape index (κ1) is 23.0. The van der Waals surface area contributed by atoms with Crippen molar-refractivity contribution >= 4 is 34.1 Å². The summed E-state index contributed by atoms with van der Waals surface area (Å²) in [5.41, 5.74) is 2.73. The second-order valence-electron chi connectivity index (χ2n) is 9.86. The van der Waals surface area contributed by atoms with Gasteiger partial charge in [-0.3, -0.25) is 9.59 Å². The molecule has 0 radical (unpaired) electrons. The van der Waals surface area contributed by atoms with Crippen LogP contribution in [-0.4, -0.2) is 17.9 Å². The van der Waals surface area contributed by atoms with E-state index < -0.39 is 11.9 Å². The van der Waals surface area contributed by atoms with Crippen LogP contribution in [0.25, 0.3) is 11.0 Å². The van der Waals surface area contributed by atoms with Crippen molar-refractivity contribution in [2.24, 2.45) is 0 Å². The highest BCUT2D eigenvalue weighted by molar-refractivity contribution is 7.10. The number of rotatable bonds is 4. The van der Waals surface area contributed by atoms with Gasteiger partial charge in [0, 0.05) is 39.7 Å².